The Bertz CT molecular complexity index is 1430. The van der Waals surface area contributed by atoms with Gasteiger partial charge in [0.05, 0.1) is 17.8 Å². The molecule has 0 amide bonds. The number of allylic oxidation sites excluding steroid dienone is 1. The number of carbonyl (C=O) groups excluding carboxylic acids is 4. The summed E-state index contributed by atoms with van der Waals surface area (Å²) in [6.07, 6.45) is 0.286. The van der Waals surface area contributed by atoms with Gasteiger partial charge in [0.15, 0.2) is 23.0 Å². The monoisotopic (exact) mass is 567 g/mol. The molecule has 1 fully saturated rings. The molecular formula is C32H41NO8. The summed E-state index contributed by atoms with van der Waals surface area (Å²) in [5.74, 6) is -6.86. The van der Waals surface area contributed by atoms with Crippen molar-refractivity contribution in [3.63, 3.8) is 0 Å². The molecule has 1 saturated carbocycles. The van der Waals surface area contributed by atoms with Gasteiger partial charge in [-0.2, -0.15) is 0 Å². The summed E-state index contributed by atoms with van der Waals surface area (Å²) in [4.78, 5) is 52.4. The van der Waals surface area contributed by atoms with Gasteiger partial charge in [0.2, 0.25) is 5.78 Å². The molecule has 41 heavy (non-hydrogen) atoms. The van der Waals surface area contributed by atoms with Crippen molar-refractivity contribution in [2.45, 2.75) is 79.8 Å². The number of nitrogens with one attached hydrogen (secondary N) is 1. The number of carbonyl (C=O) groups is 4. The molecule has 3 aliphatic rings. The van der Waals surface area contributed by atoms with Crippen molar-refractivity contribution >= 4 is 34.6 Å². The molecule has 222 valence electrons. The van der Waals surface area contributed by atoms with Crippen molar-refractivity contribution in [2.24, 2.45) is 29.1 Å². The molecule has 0 aliphatic heterocycles. The first-order valence-corrected chi connectivity index (χ1v) is 14.2. The van der Waals surface area contributed by atoms with Crippen LogP contribution in [-0.2, 0) is 25.6 Å². The zero-order chi connectivity index (χ0) is 30.9. The van der Waals surface area contributed by atoms with Crippen molar-refractivity contribution in [1.82, 2.24) is 0 Å². The van der Waals surface area contributed by atoms with Crippen LogP contribution in [0.15, 0.2) is 23.0 Å². The smallest absolute Gasteiger partial charge is 0.202 e. The zero-order valence-corrected chi connectivity index (χ0v) is 25.0. The van der Waals surface area contributed by atoms with E-state index in [2.05, 4.69) is 5.32 Å². The van der Waals surface area contributed by atoms with Gasteiger partial charge in [-0.3, -0.25) is 19.2 Å². The van der Waals surface area contributed by atoms with Crippen LogP contribution >= 0.6 is 0 Å². The van der Waals surface area contributed by atoms with E-state index >= 15 is 0 Å². The molecule has 9 nitrogen and oxygen atoms in total. The molecule has 3 aliphatic carbocycles. The van der Waals surface area contributed by atoms with Gasteiger partial charge in [-0.05, 0) is 48.8 Å². The number of phenolic OH excluding ortho intramolecular Hbond substituents is 1. The number of ketones is 4. The van der Waals surface area contributed by atoms with Crippen LogP contribution < -0.4 is 5.32 Å². The number of aromatic hydroxyl groups is 1. The Kier molecular flexibility index (Phi) is 7.53. The molecule has 0 heterocycles. The average Bonchev–Trinajstić information content (AvgIpc) is 2.84. The Balaban J connectivity index is 1.98. The Hall–Kier alpha value is -3.46. The highest BCUT2D eigenvalue weighted by atomic mass is 16.3. The Morgan fingerprint density at radius 1 is 1.07 bits per heavy atom. The first kappa shape index (κ1) is 30.5. The van der Waals surface area contributed by atoms with Crippen LogP contribution in [0.3, 0.4) is 0 Å². The van der Waals surface area contributed by atoms with Gasteiger partial charge in [0.25, 0.3) is 0 Å². The maximum Gasteiger partial charge on any atom is 0.202 e. The summed E-state index contributed by atoms with van der Waals surface area (Å²) >= 11 is 0. The van der Waals surface area contributed by atoms with E-state index in [0.29, 0.717) is 5.56 Å². The fourth-order valence-corrected chi connectivity index (χ4v) is 7.09. The molecule has 5 N–H and O–H groups in total. The Labute approximate surface area is 240 Å². The predicted molar refractivity (Wildman–Crippen MR) is 154 cm³/mol. The van der Waals surface area contributed by atoms with E-state index in [0.717, 1.165) is 12.5 Å². The third kappa shape index (κ3) is 4.40. The minimum Gasteiger partial charge on any atom is -0.508 e. The number of phenols is 1. The molecule has 9 heteroatoms. The van der Waals surface area contributed by atoms with Crippen molar-refractivity contribution in [3.8, 4) is 5.75 Å². The first-order chi connectivity index (χ1) is 18.9. The number of fused-ring (bicyclic) bond motifs is 3. The standard InChI is InChI=1S/C32H41NO8/c1-13(2)17-9-20(33-12-21(35)14(3)4)26(36)24-18(17)10-31(8)11-19-22(15(5)6)27(37)23(16(7)34)29(39)32(19,41)30(40)25(31)28(24)38/h9,13-15,19,22,33,36,38-39,41H,10-12H2,1-8H3/t19-,22?,31-,32+/m1/s1. The lowest BCUT2D eigenvalue weighted by Gasteiger charge is -2.54. The molecule has 1 aromatic rings. The van der Waals surface area contributed by atoms with Gasteiger partial charge in [0, 0.05) is 28.7 Å². The van der Waals surface area contributed by atoms with Gasteiger partial charge in [-0.15, -0.1) is 0 Å². The Morgan fingerprint density at radius 3 is 2.20 bits per heavy atom. The number of rotatable bonds is 7. The molecule has 0 radical (unpaired) electrons. The summed E-state index contributed by atoms with van der Waals surface area (Å²) in [6, 6.07) is 1.75. The lowest BCUT2D eigenvalue weighted by atomic mass is 9.50. The van der Waals surface area contributed by atoms with Crippen LogP contribution in [0.1, 0.15) is 84.4 Å². The van der Waals surface area contributed by atoms with Crippen LogP contribution in [-0.4, -0.2) is 55.7 Å². The predicted octanol–water partition coefficient (Wildman–Crippen LogP) is 4.56. The van der Waals surface area contributed by atoms with Crippen LogP contribution in [0.4, 0.5) is 5.69 Å². The van der Waals surface area contributed by atoms with Crippen molar-refractivity contribution in [3.05, 3.63) is 39.7 Å². The number of aliphatic hydroxyl groups excluding tert-OH is 2. The van der Waals surface area contributed by atoms with E-state index in [1.807, 2.05) is 13.8 Å². The molecule has 4 atom stereocenters. The van der Waals surface area contributed by atoms with Crippen LogP contribution in [0, 0.1) is 29.1 Å². The highest BCUT2D eigenvalue weighted by Gasteiger charge is 2.66. The summed E-state index contributed by atoms with van der Waals surface area (Å²) in [5.41, 5.74) is -2.72. The van der Waals surface area contributed by atoms with Gasteiger partial charge >= 0.3 is 0 Å². The molecule has 1 unspecified atom stereocenters. The minimum absolute atomic E-state index is 0.0288. The molecule has 0 saturated heterocycles. The van der Waals surface area contributed by atoms with E-state index in [1.165, 1.54) is 0 Å². The van der Waals surface area contributed by atoms with E-state index in [9.17, 15) is 39.6 Å². The van der Waals surface area contributed by atoms with Gasteiger partial charge < -0.3 is 25.7 Å². The summed E-state index contributed by atoms with van der Waals surface area (Å²) in [7, 11) is 0. The number of hydrogen-bond donors (Lipinski definition) is 5. The van der Waals surface area contributed by atoms with Crippen molar-refractivity contribution in [2.75, 3.05) is 11.9 Å². The van der Waals surface area contributed by atoms with E-state index in [1.54, 1.807) is 40.7 Å². The summed E-state index contributed by atoms with van der Waals surface area (Å²) in [6.45, 7) is 13.8. The Morgan fingerprint density at radius 2 is 1.68 bits per heavy atom. The van der Waals surface area contributed by atoms with Crippen molar-refractivity contribution in [1.29, 1.82) is 0 Å². The normalized spacial score (nSPS) is 27.8. The first-order valence-electron chi connectivity index (χ1n) is 14.2. The van der Waals surface area contributed by atoms with E-state index in [-0.39, 0.29) is 65.5 Å². The number of hydrogen-bond acceptors (Lipinski definition) is 9. The van der Waals surface area contributed by atoms with Gasteiger partial charge in [0.1, 0.15) is 22.8 Å². The molecule has 0 spiro atoms. The third-order valence-electron chi connectivity index (χ3n) is 9.24. The molecule has 0 aromatic heterocycles. The van der Waals surface area contributed by atoms with Crippen LogP contribution in [0.25, 0.3) is 5.76 Å². The van der Waals surface area contributed by atoms with Gasteiger partial charge in [-0.1, -0.05) is 48.5 Å². The number of aliphatic hydroxyl groups is 3. The molecular weight excluding hydrogens is 526 g/mol. The lowest BCUT2D eigenvalue weighted by Crippen LogP contribution is -2.63. The van der Waals surface area contributed by atoms with Crippen LogP contribution in [0.2, 0.25) is 0 Å². The fraction of sp³-hybridized carbons (Fsp3) is 0.562. The maximum absolute atomic E-state index is 14.3. The number of benzene rings is 1. The third-order valence-corrected chi connectivity index (χ3v) is 9.24. The fourth-order valence-electron chi connectivity index (χ4n) is 7.09. The largest absolute Gasteiger partial charge is 0.508 e. The molecule has 0 bridgehead atoms. The molecule has 1 aromatic carbocycles. The van der Waals surface area contributed by atoms with Crippen molar-refractivity contribution < 1.29 is 39.6 Å². The lowest BCUT2D eigenvalue weighted by molar-refractivity contribution is -0.158. The number of anilines is 1. The summed E-state index contributed by atoms with van der Waals surface area (Å²) < 4.78 is 0. The summed E-state index contributed by atoms with van der Waals surface area (Å²) in [5, 5.41) is 49.1. The SMILES string of the molecule is CC(=O)C1=C(O)[C@]2(O)C(=O)C3=C(O)c4c(O)c(NCC(=O)C(C)C)cc(C(C)C)c4C[C@]3(C)C[C@@H]2C(C(C)C)C1=O. The second kappa shape index (κ2) is 10.1. The van der Waals surface area contributed by atoms with Crippen LogP contribution in [0.5, 0.6) is 5.75 Å². The maximum atomic E-state index is 14.3. The quantitative estimate of drug-likeness (QED) is 0.235. The number of Topliss-reactive ketones (excluding diaryl/α,β-unsaturated/α-hetero) is 4. The highest BCUT2D eigenvalue weighted by Crippen LogP contribution is 2.60. The van der Waals surface area contributed by atoms with E-state index < -0.39 is 57.3 Å². The second-order valence-electron chi connectivity index (χ2n) is 13.1. The topological polar surface area (TPSA) is 161 Å². The highest BCUT2D eigenvalue weighted by molar-refractivity contribution is 6.24. The van der Waals surface area contributed by atoms with E-state index in [4.69, 9.17) is 0 Å². The van der Waals surface area contributed by atoms with Gasteiger partial charge in [-0.25, -0.2) is 0 Å². The average molecular weight is 568 g/mol. The zero-order valence-electron chi connectivity index (χ0n) is 25.0. The second-order valence-corrected chi connectivity index (χ2v) is 13.1. The minimum atomic E-state index is -2.60. The molecule has 4 rings (SSSR count).